The molecule has 3 N–H and O–H groups in total. The number of carbonyl (C=O) groups excluding carboxylic acids is 1. The Balaban J connectivity index is 2.07. The van der Waals surface area contributed by atoms with Gasteiger partial charge in [0.1, 0.15) is 0 Å². The Morgan fingerprint density at radius 2 is 2.00 bits per heavy atom. The molecule has 5 heteroatoms. The van der Waals surface area contributed by atoms with Gasteiger partial charge in [0.2, 0.25) is 5.91 Å². The molecule has 2 fully saturated rings. The van der Waals surface area contributed by atoms with Crippen LogP contribution in [0.3, 0.4) is 0 Å². The van der Waals surface area contributed by atoms with Crippen LogP contribution >= 0.6 is 0 Å². The first-order valence-corrected chi connectivity index (χ1v) is 7.83. The molecular formula is C15H29N3O2. The average molecular weight is 283 g/mol. The van der Waals surface area contributed by atoms with Crippen molar-refractivity contribution in [3.8, 4) is 0 Å². The predicted molar refractivity (Wildman–Crippen MR) is 79.5 cm³/mol. The number of hydrogen-bond acceptors (Lipinski definition) is 4. The van der Waals surface area contributed by atoms with Gasteiger partial charge >= 0.3 is 0 Å². The highest BCUT2D eigenvalue weighted by Gasteiger charge is 2.42. The Morgan fingerprint density at radius 1 is 1.30 bits per heavy atom. The van der Waals surface area contributed by atoms with Gasteiger partial charge in [0.15, 0.2) is 0 Å². The van der Waals surface area contributed by atoms with Gasteiger partial charge in [-0.05, 0) is 26.7 Å². The van der Waals surface area contributed by atoms with Crippen LogP contribution in [0.4, 0.5) is 0 Å². The van der Waals surface area contributed by atoms with Gasteiger partial charge in [0.05, 0.1) is 18.8 Å². The normalized spacial score (nSPS) is 26.1. The van der Waals surface area contributed by atoms with E-state index in [1.807, 2.05) is 0 Å². The van der Waals surface area contributed by atoms with E-state index in [9.17, 15) is 4.79 Å². The summed E-state index contributed by atoms with van der Waals surface area (Å²) in [7, 11) is 0. The zero-order valence-corrected chi connectivity index (χ0v) is 12.9. The third-order valence-electron chi connectivity index (χ3n) is 4.68. The molecular weight excluding hydrogens is 254 g/mol. The summed E-state index contributed by atoms with van der Waals surface area (Å²) < 4.78 is 5.83. The SMILES string of the molecule is CC1(C)CN(C2(CNC(=O)CN)CCCCC2)CCO1. The van der Waals surface area contributed by atoms with Crippen LogP contribution in [0, 0.1) is 0 Å². The summed E-state index contributed by atoms with van der Waals surface area (Å²) in [5.41, 5.74) is 5.41. The third kappa shape index (κ3) is 3.71. The molecule has 1 aliphatic carbocycles. The van der Waals surface area contributed by atoms with Crippen molar-refractivity contribution in [1.29, 1.82) is 0 Å². The molecule has 0 spiro atoms. The molecule has 1 saturated carbocycles. The Morgan fingerprint density at radius 3 is 2.60 bits per heavy atom. The molecule has 1 amide bonds. The molecule has 5 nitrogen and oxygen atoms in total. The minimum Gasteiger partial charge on any atom is -0.373 e. The van der Waals surface area contributed by atoms with Gasteiger partial charge in [-0.2, -0.15) is 0 Å². The van der Waals surface area contributed by atoms with Crippen molar-refractivity contribution in [1.82, 2.24) is 10.2 Å². The number of carbonyl (C=O) groups is 1. The Bertz CT molecular complexity index is 338. The molecule has 0 aromatic rings. The van der Waals surface area contributed by atoms with Crippen LogP contribution in [-0.4, -0.2) is 54.7 Å². The fourth-order valence-electron chi connectivity index (χ4n) is 3.57. The van der Waals surface area contributed by atoms with Crippen molar-refractivity contribution in [3.63, 3.8) is 0 Å². The van der Waals surface area contributed by atoms with Crippen LogP contribution in [0.15, 0.2) is 0 Å². The number of rotatable bonds is 4. The standard InChI is InChI=1S/C15H29N3O2/c1-14(2)12-18(8-9-20-14)15(6-4-3-5-7-15)11-17-13(19)10-16/h3-12,16H2,1-2H3,(H,17,19). The molecule has 0 aromatic carbocycles. The van der Waals surface area contributed by atoms with E-state index >= 15 is 0 Å². The van der Waals surface area contributed by atoms with Gasteiger partial charge in [-0.1, -0.05) is 19.3 Å². The maximum atomic E-state index is 11.5. The maximum Gasteiger partial charge on any atom is 0.233 e. The van der Waals surface area contributed by atoms with Crippen LogP contribution < -0.4 is 11.1 Å². The van der Waals surface area contributed by atoms with Crippen LogP contribution in [0.1, 0.15) is 46.0 Å². The zero-order valence-electron chi connectivity index (χ0n) is 12.9. The Labute approximate surface area is 122 Å². The fraction of sp³-hybridized carbons (Fsp3) is 0.933. The molecule has 1 saturated heterocycles. The van der Waals surface area contributed by atoms with Crippen LogP contribution in [-0.2, 0) is 9.53 Å². The van der Waals surface area contributed by atoms with Crippen LogP contribution in [0.25, 0.3) is 0 Å². The van der Waals surface area contributed by atoms with E-state index in [0.717, 1.165) is 39.1 Å². The lowest BCUT2D eigenvalue weighted by molar-refractivity contribution is -0.128. The minimum atomic E-state index is -0.0967. The number of amides is 1. The molecule has 2 aliphatic rings. The predicted octanol–water partition coefficient (Wildman–Crippen LogP) is 0.875. The first-order valence-electron chi connectivity index (χ1n) is 7.83. The number of hydrogen-bond donors (Lipinski definition) is 2. The number of nitrogens with one attached hydrogen (secondary N) is 1. The lowest BCUT2D eigenvalue weighted by Gasteiger charge is -2.51. The summed E-state index contributed by atoms with van der Waals surface area (Å²) in [6, 6.07) is 0. The van der Waals surface area contributed by atoms with Crippen molar-refractivity contribution in [3.05, 3.63) is 0 Å². The highest BCUT2D eigenvalue weighted by atomic mass is 16.5. The summed E-state index contributed by atoms with van der Waals surface area (Å²) >= 11 is 0. The van der Waals surface area contributed by atoms with E-state index in [1.54, 1.807) is 0 Å². The third-order valence-corrected chi connectivity index (χ3v) is 4.68. The van der Waals surface area contributed by atoms with Gasteiger partial charge in [0.25, 0.3) is 0 Å². The number of nitrogens with two attached hydrogens (primary N) is 1. The van der Waals surface area contributed by atoms with Gasteiger partial charge in [-0.15, -0.1) is 0 Å². The molecule has 1 heterocycles. The van der Waals surface area contributed by atoms with E-state index in [-0.39, 0.29) is 23.6 Å². The van der Waals surface area contributed by atoms with Crippen molar-refractivity contribution in [2.45, 2.75) is 57.1 Å². The largest absolute Gasteiger partial charge is 0.373 e. The quantitative estimate of drug-likeness (QED) is 0.803. The molecule has 20 heavy (non-hydrogen) atoms. The Hall–Kier alpha value is -0.650. The van der Waals surface area contributed by atoms with E-state index < -0.39 is 0 Å². The summed E-state index contributed by atoms with van der Waals surface area (Å²) in [4.78, 5) is 14.1. The molecule has 0 radical (unpaired) electrons. The first kappa shape index (κ1) is 15.7. The van der Waals surface area contributed by atoms with Gasteiger partial charge in [-0.25, -0.2) is 0 Å². The van der Waals surface area contributed by atoms with E-state index in [2.05, 4.69) is 24.1 Å². The smallest absolute Gasteiger partial charge is 0.233 e. The molecule has 116 valence electrons. The molecule has 2 rings (SSSR count). The van der Waals surface area contributed by atoms with Crippen molar-refractivity contribution >= 4 is 5.91 Å². The van der Waals surface area contributed by atoms with Gasteiger partial charge in [-0.3, -0.25) is 9.69 Å². The molecule has 1 aliphatic heterocycles. The van der Waals surface area contributed by atoms with E-state index in [4.69, 9.17) is 10.5 Å². The monoisotopic (exact) mass is 283 g/mol. The second-order valence-electron chi connectivity index (χ2n) is 6.80. The van der Waals surface area contributed by atoms with Gasteiger partial charge in [0, 0.05) is 25.2 Å². The minimum absolute atomic E-state index is 0.0533. The maximum absolute atomic E-state index is 11.5. The lowest BCUT2D eigenvalue weighted by atomic mass is 9.79. The van der Waals surface area contributed by atoms with Crippen LogP contribution in [0.5, 0.6) is 0 Å². The van der Waals surface area contributed by atoms with Gasteiger partial charge < -0.3 is 15.8 Å². The van der Waals surface area contributed by atoms with Crippen molar-refractivity contribution in [2.24, 2.45) is 5.73 Å². The highest BCUT2D eigenvalue weighted by Crippen LogP contribution is 2.35. The number of ether oxygens (including phenoxy) is 1. The molecule has 0 atom stereocenters. The van der Waals surface area contributed by atoms with E-state index in [0.29, 0.717) is 0 Å². The van der Waals surface area contributed by atoms with Crippen LogP contribution in [0.2, 0.25) is 0 Å². The van der Waals surface area contributed by atoms with E-state index in [1.165, 1.54) is 19.3 Å². The molecule has 0 aromatic heterocycles. The summed E-state index contributed by atoms with van der Waals surface area (Å²) in [6.45, 7) is 7.76. The number of morpholine rings is 1. The van der Waals surface area contributed by atoms with Crippen molar-refractivity contribution in [2.75, 3.05) is 32.8 Å². The highest BCUT2D eigenvalue weighted by molar-refractivity contribution is 5.77. The number of nitrogens with zero attached hydrogens (tertiary/aromatic N) is 1. The molecule has 0 bridgehead atoms. The summed E-state index contributed by atoms with van der Waals surface area (Å²) in [5, 5.41) is 3.02. The first-order chi connectivity index (χ1) is 9.47. The summed E-state index contributed by atoms with van der Waals surface area (Å²) in [5.74, 6) is -0.0533. The lowest BCUT2D eigenvalue weighted by Crippen LogP contribution is -2.63. The molecule has 0 unspecified atom stereocenters. The summed E-state index contributed by atoms with van der Waals surface area (Å²) in [6.07, 6.45) is 6.12. The Kier molecular flexibility index (Phi) is 5.04. The zero-order chi connectivity index (χ0) is 14.6. The fourth-order valence-corrected chi connectivity index (χ4v) is 3.57. The van der Waals surface area contributed by atoms with Crippen molar-refractivity contribution < 1.29 is 9.53 Å². The second-order valence-corrected chi connectivity index (χ2v) is 6.80. The topological polar surface area (TPSA) is 67.6 Å². The average Bonchev–Trinajstić information content (AvgIpc) is 2.44. The second kappa shape index (κ2) is 6.41.